The number of rotatable bonds is 1. The highest BCUT2D eigenvalue weighted by molar-refractivity contribution is 7.81. The predicted octanol–water partition coefficient (Wildman–Crippen LogP) is 1.78. The summed E-state index contributed by atoms with van der Waals surface area (Å²) in [5.74, 6) is 0.643. The summed E-state index contributed by atoms with van der Waals surface area (Å²) in [6.45, 7) is 0. The van der Waals surface area contributed by atoms with Gasteiger partial charge in [-0.25, -0.2) is 0 Å². The Kier molecular flexibility index (Phi) is 1.83. The molecule has 0 aromatic carbocycles. The van der Waals surface area contributed by atoms with E-state index in [9.17, 15) is 0 Å². The lowest BCUT2D eigenvalue weighted by Crippen LogP contribution is -1.99. The van der Waals surface area contributed by atoms with E-state index in [1.807, 2.05) is 18.2 Å². The summed E-state index contributed by atoms with van der Waals surface area (Å²) in [6.07, 6.45) is 8.23. The van der Waals surface area contributed by atoms with Crippen LogP contribution in [0.3, 0.4) is 0 Å². The second-order valence-corrected chi connectivity index (χ2v) is 2.91. The summed E-state index contributed by atoms with van der Waals surface area (Å²) in [5, 5.41) is 6.97. The van der Waals surface area contributed by atoms with Crippen LogP contribution in [0, 0.1) is 0 Å². The highest BCUT2D eigenvalue weighted by Crippen LogP contribution is 2.20. The molecule has 0 radical (unpaired) electrons. The zero-order valence-corrected chi connectivity index (χ0v) is 7.04. The maximum Gasteiger partial charge on any atom is 0.188 e. The van der Waals surface area contributed by atoms with E-state index in [2.05, 4.69) is 10.4 Å². The zero-order valence-electron chi connectivity index (χ0n) is 6.23. The van der Waals surface area contributed by atoms with Gasteiger partial charge in [-0.1, -0.05) is 30.4 Å². The van der Waals surface area contributed by atoms with Gasteiger partial charge in [0.1, 0.15) is 0 Å². The van der Waals surface area contributed by atoms with Gasteiger partial charge in [0.05, 0.1) is 6.20 Å². The molecule has 1 aliphatic rings. The third kappa shape index (κ3) is 1.21. The summed E-state index contributed by atoms with van der Waals surface area (Å²) < 4.78 is 4.89. The van der Waals surface area contributed by atoms with Gasteiger partial charge < -0.3 is 4.52 Å². The Bertz CT molecular complexity index is 351. The molecule has 4 heteroatoms. The van der Waals surface area contributed by atoms with Gasteiger partial charge in [0.25, 0.3) is 0 Å². The van der Waals surface area contributed by atoms with Crippen LogP contribution in [0.1, 0.15) is 12.2 Å². The highest BCUT2D eigenvalue weighted by Gasteiger charge is 2.12. The molecule has 1 aromatic heterocycles. The van der Waals surface area contributed by atoms with Crippen LogP contribution in [-0.2, 0) is 0 Å². The molecular weight excluding hydrogens is 172 g/mol. The largest absolute Gasteiger partial charge is 0.337 e. The minimum atomic E-state index is 0.643. The average Bonchev–Trinajstić information content (AvgIpc) is 2.57. The lowest BCUT2D eigenvalue weighted by molar-refractivity contribution is 0.385. The van der Waals surface area contributed by atoms with E-state index >= 15 is 0 Å². The molecule has 0 amide bonds. The second-order valence-electron chi connectivity index (χ2n) is 2.42. The van der Waals surface area contributed by atoms with Gasteiger partial charge in [-0.15, -0.1) is 5.10 Å². The molecule has 3 nitrogen and oxygen atoms in total. The topological polar surface area (TPSA) is 38.9 Å². The molecular formula is C8H6N2OS. The minimum Gasteiger partial charge on any atom is -0.337 e. The Morgan fingerprint density at radius 1 is 1.50 bits per heavy atom. The van der Waals surface area contributed by atoms with Gasteiger partial charge in [0.15, 0.2) is 5.76 Å². The fraction of sp³-hybridized carbons (Fsp3) is 0.125. The van der Waals surface area contributed by atoms with Crippen LogP contribution in [0.15, 0.2) is 28.9 Å². The van der Waals surface area contributed by atoms with E-state index in [-0.39, 0.29) is 0 Å². The monoisotopic (exact) mass is 178 g/mol. The van der Waals surface area contributed by atoms with Crippen LogP contribution in [0.25, 0.3) is 5.57 Å². The maximum absolute atomic E-state index is 5.14. The van der Waals surface area contributed by atoms with Crippen LogP contribution in [0.4, 0.5) is 0 Å². The van der Waals surface area contributed by atoms with Crippen molar-refractivity contribution in [3.63, 3.8) is 0 Å². The van der Waals surface area contributed by atoms with E-state index in [0.717, 1.165) is 16.9 Å². The summed E-state index contributed by atoms with van der Waals surface area (Å²) in [5.41, 5.74) is 0.914. The third-order valence-electron chi connectivity index (χ3n) is 1.63. The molecule has 1 aliphatic carbocycles. The zero-order chi connectivity index (χ0) is 8.39. The molecule has 0 atom stereocenters. The van der Waals surface area contributed by atoms with E-state index < -0.39 is 0 Å². The number of allylic oxidation sites excluding steroid dienone is 4. The normalized spacial score (nSPS) is 16.3. The fourth-order valence-electron chi connectivity index (χ4n) is 1.05. The Morgan fingerprint density at radius 2 is 2.42 bits per heavy atom. The van der Waals surface area contributed by atoms with Crippen LogP contribution in [0.2, 0.25) is 0 Å². The van der Waals surface area contributed by atoms with Gasteiger partial charge >= 0.3 is 0 Å². The average molecular weight is 178 g/mol. The molecule has 1 heterocycles. The Labute approximate surface area is 74.7 Å². The quantitative estimate of drug-likeness (QED) is 0.614. The number of hydrogen-bond acceptors (Lipinski definition) is 4. The molecule has 2 rings (SSSR count). The van der Waals surface area contributed by atoms with Gasteiger partial charge in [0.2, 0.25) is 0 Å². The molecule has 0 aliphatic heterocycles. The van der Waals surface area contributed by atoms with E-state index in [1.165, 1.54) is 0 Å². The van der Waals surface area contributed by atoms with Gasteiger partial charge in [-0.2, -0.15) is 0 Å². The van der Waals surface area contributed by atoms with Crippen molar-refractivity contribution in [3.05, 3.63) is 30.2 Å². The standard InChI is InChI=1S/C8H6N2OS/c12-8-4-2-1-3-6(8)7-5-9-10-11-7/h1-3,5H,4H2. The molecule has 12 heavy (non-hydrogen) atoms. The Hall–Kier alpha value is -1.29. The van der Waals surface area contributed by atoms with Crippen molar-refractivity contribution >= 4 is 22.7 Å². The van der Waals surface area contributed by atoms with Crippen LogP contribution in [-0.4, -0.2) is 15.2 Å². The smallest absolute Gasteiger partial charge is 0.188 e. The first kappa shape index (κ1) is 7.36. The molecule has 0 N–H and O–H groups in total. The SMILES string of the molecule is S=C1CC=CC=C1c1cnno1. The molecule has 0 unspecified atom stereocenters. The second kappa shape index (κ2) is 2.98. The summed E-state index contributed by atoms with van der Waals surface area (Å²) in [7, 11) is 0. The fourth-order valence-corrected chi connectivity index (χ4v) is 1.31. The van der Waals surface area contributed by atoms with Crippen molar-refractivity contribution in [2.24, 2.45) is 0 Å². The van der Waals surface area contributed by atoms with E-state index in [1.54, 1.807) is 6.20 Å². The van der Waals surface area contributed by atoms with Crippen LogP contribution >= 0.6 is 12.2 Å². The third-order valence-corrected chi connectivity index (χ3v) is 2.02. The molecule has 0 saturated heterocycles. The summed E-state index contributed by atoms with van der Waals surface area (Å²) >= 11 is 5.14. The summed E-state index contributed by atoms with van der Waals surface area (Å²) in [6, 6.07) is 0. The van der Waals surface area contributed by atoms with Gasteiger partial charge in [-0.05, 0) is 0 Å². The van der Waals surface area contributed by atoms with E-state index in [0.29, 0.717) is 5.76 Å². The first-order valence-corrected chi connectivity index (χ1v) is 3.96. The first-order chi connectivity index (χ1) is 5.88. The lowest BCUT2D eigenvalue weighted by atomic mass is 10.0. The number of hydrogen-bond donors (Lipinski definition) is 0. The van der Waals surface area contributed by atoms with Crippen LogP contribution < -0.4 is 0 Å². The molecule has 0 fully saturated rings. The van der Waals surface area contributed by atoms with Crippen molar-refractivity contribution in [3.8, 4) is 0 Å². The number of nitrogens with zero attached hydrogens (tertiary/aromatic N) is 2. The Balaban J connectivity index is 2.40. The van der Waals surface area contributed by atoms with Crippen molar-refractivity contribution < 1.29 is 4.52 Å². The van der Waals surface area contributed by atoms with E-state index in [4.69, 9.17) is 16.7 Å². The molecule has 0 bridgehead atoms. The molecule has 0 spiro atoms. The van der Waals surface area contributed by atoms with Gasteiger partial charge in [0, 0.05) is 22.1 Å². The Morgan fingerprint density at radius 3 is 3.08 bits per heavy atom. The minimum absolute atomic E-state index is 0.643. The number of thiocarbonyl (C=S) groups is 1. The first-order valence-electron chi connectivity index (χ1n) is 3.55. The van der Waals surface area contributed by atoms with Crippen molar-refractivity contribution in [2.45, 2.75) is 6.42 Å². The lowest BCUT2D eigenvalue weighted by Gasteiger charge is -2.04. The van der Waals surface area contributed by atoms with Crippen molar-refractivity contribution in [1.82, 2.24) is 10.4 Å². The molecule has 60 valence electrons. The predicted molar refractivity (Wildman–Crippen MR) is 48.6 cm³/mol. The van der Waals surface area contributed by atoms with Crippen LogP contribution in [0.5, 0.6) is 0 Å². The van der Waals surface area contributed by atoms with Crippen molar-refractivity contribution in [2.75, 3.05) is 0 Å². The molecule has 1 aromatic rings. The molecule has 0 saturated carbocycles. The number of aromatic nitrogens is 2. The summed E-state index contributed by atoms with van der Waals surface area (Å²) in [4.78, 5) is 0.871. The van der Waals surface area contributed by atoms with Crippen molar-refractivity contribution in [1.29, 1.82) is 0 Å². The maximum atomic E-state index is 5.14. The highest BCUT2D eigenvalue weighted by atomic mass is 32.1. The van der Waals surface area contributed by atoms with Gasteiger partial charge in [-0.3, -0.25) is 0 Å².